The standard InChI is InChI=1S/C12H24N2O3S/c1-14(12-6-8-17-10-12)18(15,16)9-3-2-7-13-11-4-5-11/h11-13H,2-10H2,1H3. The minimum absolute atomic E-state index is 0.0413. The number of hydrogen-bond donors (Lipinski definition) is 1. The third-order valence-electron chi connectivity index (χ3n) is 3.70. The van der Waals surface area contributed by atoms with E-state index < -0.39 is 10.0 Å². The summed E-state index contributed by atoms with van der Waals surface area (Å²) in [5, 5.41) is 3.40. The molecule has 1 heterocycles. The van der Waals surface area contributed by atoms with Gasteiger partial charge in [0.25, 0.3) is 0 Å². The first-order valence-electron chi connectivity index (χ1n) is 6.86. The molecule has 0 aromatic heterocycles. The molecule has 0 bridgehead atoms. The van der Waals surface area contributed by atoms with Gasteiger partial charge in [0, 0.05) is 19.7 Å². The quantitative estimate of drug-likeness (QED) is 0.659. The van der Waals surface area contributed by atoms with E-state index >= 15 is 0 Å². The Morgan fingerprint density at radius 3 is 2.67 bits per heavy atom. The Kier molecular flexibility index (Phi) is 5.00. The Balaban J connectivity index is 1.65. The average Bonchev–Trinajstić information content (AvgIpc) is 3.00. The first-order chi connectivity index (χ1) is 8.59. The van der Waals surface area contributed by atoms with Crippen LogP contribution in [0.3, 0.4) is 0 Å². The van der Waals surface area contributed by atoms with Crippen LogP contribution in [0.4, 0.5) is 0 Å². The summed E-state index contributed by atoms with van der Waals surface area (Å²) >= 11 is 0. The summed E-state index contributed by atoms with van der Waals surface area (Å²) < 4.78 is 30.9. The summed E-state index contributed by atoms with van der Waals surface area (Å²) in [5.74, 6) is 0.256. The smallest absolute Gasteiger partial charge is 0.214 e. The second kappa shape index (κ2) is 6.32. The molecule has 5 nitrogen and oxygen atoms in total. The molecule has 6 heteroatoms. The van der Waals surface area contributed by atoms with Crippen molar-refractivity contribution in [3.63, 3.8) is 0 Å². The largest absolute Gasteiger partial charge is 0.380 e. The van der Waals surface area contributed by atoms with Gasteiger partial charge >= 0.3 is 0 Å². The van der Waals surface area contributed by atoms with E-state index in [1.54, 1.807) is 7.05 Å². The highest BCUT2D eigenvalue weighted by Crippen LogP contribution is 2.18. The molecule has 1 unspecified atom stereocenters. The van der Waals surface area contributed by atoms with Crippen LogP contribution in [0.15, 0.2) is 0 Å². The van der Waals surface area contributed by atoms with E-state index in [9.17, 15) is 8.42 Å². The molecule has 1 N–H and O–H groups in total. The Hall–Kier alpha value is -0.170. The molecule has 1 saturated carbocycles. The lowest BCUT2D eigenvalue weighted by Gasteiger charge is -2.22. The lowest BCUT2D eigenvalue weighted by molar-refractivity contribution is 0.181. The van der Waals surface area contributed by atoms with E-state index in [-0.39, 0.29) is 11.8 Å². The van der Waals surface area contributed by atoms with Gasteiger partial charge in [0.05, 0.1) is 18.4 Å². The van der Waals surface area contributed by atoms with Crippen molar-refractivity contribution < 1.29 is 13.2 Å². The molecule has 1 atom stereocenters. The predicted octanol–water partition coefficient (Wildman–Crippen LogP) is 0.569. The molecule has 0 radical (unpaired) electrons. The Morgan fingerprint density at radius 1 is 1.28 bits per heavy atom. The second-order valence-corrected chi connectivity index (χ2v) is 7.43. The van der Waals surface area contributed by atoms with Crippen LogP contribution in [0.1, 0.15) is 32.1 Å². The van der Waals surface area contributed by atoms with Crippen LogP contribution in [0.2, 0.25) is 0 Å². The van der Waals surface area contributed by atoms with Crippen molar-refractivity contribution in [2.45, 2.75) is 44.2 Å². The molecular weight excluding hydrogens is 252 g/mol. The highest BCUT2D eigenvalue weighted by atomic mass is 32.2. The fourth-order valence-electron chi connectivity index (χ4n) is 2.18. The fraction of sp³-hybridized carbons (Fsp3) is 1.00. The summed E-state index contributed by atoms with van der Waals surface area (Å²) in [4.78, 5) is 0. The topological polar surface area (TPSA) is 58.6 Å². The normalized spacial score (nSPS) is 24.9. The van der Waals surface area contributed by atoms with Crippen LogP contribution >= 0.6 is 0 Å². The van der Waals surface area contributed by atoms with E-state index in [0.29, 0.717) is 19.3 Å². The van der Waals surface area contributed by atoms with Gasteiger partial charge in [-0.3, -0.25) is 0 Å². The maximum Gasteiger partial charge on any atom is 0.214 e. The lowest BCUT2D eigenvalue weighted by atomic mass is 10.3. The summed E-state index contributed by atoms with van der Waals surface area (Å²) in [5.41, 5.74) is 0. The molecule has 2 rings (SSSR count). The monoisotopic (exact) mass is 276 g/mol. The number of ether oxygens (including phenoxy) is 1. The maximum atomic E-state index is 12.1. The first kappa shape index (κ1) is 14.2. The Bertz CT molecular complexity index is 348. The van der Waals surface area contributed by atoms with E-state index in [0.717, 1.165) is 25.8 Å². The van der Waals surface area contributed by atoms with Gasteiger partial charge < -0.3 is 10.1 Å². The second-order valence-electron chi connectivity index (χ2n) is 5.29. The highest BCUT2D eigenvalue weighted by molar-refractivity contribution is 7.89. The molecule has 106 valence electrons. The number of rotatable bonds is 8. The zero-order valence-electron chi connectivity index (χ0n) is 11.1. The van der Waals surface area contributed by atoms with Crippen molar-refractivity contribution in [2.75, 3.05) is 32.6 Å². The number of sulfonamides is 1. The molecule has 0 spiro atoms. The maximum absolute atomic E-state index is 12.1. The lowest BCUT2D eigenvalue weighted by Crippen LogP contribution is -2.38. The van der Waals surface area contributed by atoms with Crippen molar-refractivity contribution in [3.8, 4) is 0 Å². The first-order valence-corrected chi connectivity index (χ1v) is 8.47. The zero-order valence-corrected chi connectivity index (χ0v) is 11.9. The third-order valence-corrected chi connectivity index (χ3v) is 5.68. The van der Waals surface area contributed by atoms with E-state index in [1.165, 1.54) is 17.1 Å². The molecule has 1 saturated heterocycles. The van der Waals surface area contributed by atoms with Crippen molar-refractivity contribution in [3.05, 3.63) is 0 Å². The van der Waals surface area contributed by atoms with Gasteiger partial charge in [-0.2, -0.15) is 4.31 Å². The van der Waals surface area contributed by atoms with Crippen molar-refractivity contribution in [1.82, 2.24) is 9.62 Å². The molecule has 18 heavy (non-hydrogen) atoms. The number of nitrogens with one attached hydrogen (secondary N) is 1. The molecule has 1 aliphatic heterocycles. The van der Waals surface area contributed by atoms with Gasteiger partial charge in [-0.25, -0.2) is 8.42 Å². The van der Waals surface area contributed by atoms with Gasteiger partial charge in [-0.15, -0.1) is 0 Å². The number of unbranched alkanes of at least 4 members (excludes halogenated alkanes) is 1. The van der Waals surface area contributed by atoms with Crippen molar-refractivity contribution >= 4 is 10.0 Å². The van der Waals surface area contributed by atoms with Crippen LogP contribution in [0.25, 0.3) is 0 Å². The van der Waals surface area contributed by atoms with E-state index in [2.05, 4.69) is 5.32 Å². The van der Waals surface area contributed by atoms with Crippen molar-refractivity contribution in [2.24, 2.45) is 0 Å². The fourth-order valence-corrected chi connectivity index (χ4v) is 3.66. The highest BCUT2D eigenvalue weighted by Gasteiger charge is 2.28. The molecule has 2 fully saturated rings. The minimum Gasteiger partial charge on any atom is -0.380 e. The summed E-state index contributed by atoms with van der Waals surface area (Å²) in [6.45, 7) is 2.16. The minimum atomic E-state index is -3.10. The van der Waals surface area contributed by atoms with Crippen LogP contribution < -0.4 is 5.32 Å². The average molecular weight is 276 g/mol. The summed E-state index contributed by atoms with van der Waals surface area (Å²) in [6, 6.07) is 0.750. The molecular formula is C12H24N2O3S. The molecule has 1 aliphatic carbocycles. The van der Waals surface area contributed by atoms with Crippen molar-refractivity contribution in [1.29, 1.82) is 0 Å². The zero-order chi connectivity index (χ0) is 13.0. The summed E-state index contributed by atoms with van der Waals surface area (Å²) in [7, 11) is -1.43. The Labute approximate surface area is 110 Å². The van der Waals surface area contributed by atoms with E-state index in [4.69, 9.17) is 4.74 Å². The van der Waals surface area contributed by atoms with Gasteiger partial charge in [0.15, 0.2) is 0 Å². The van der Waals surface area contributed by atoms with Gasteiger partial charge in [-0.05, 0) is 38.6 Å². The predicted molar refractivity (Wildman–Crippen MR) is 71.0 cm³/mol. The van der Waals surface area contributed by atoms with E-state index in [1.807, 2.05) is 0 Å². The Morgan fingerprint density at radius 2 is 2.06 bits per heavy atom. The number of hydrogen-bond acceptors (Lipinski definition) is 4. The molecule has 2 aliphatic rings. The van der Waals surface area contributed by atoms with Gasteiger partial charge in [-0.1, -0.05) is 0 Å². The van der Waals surface area contributed by atoms with Crippen LogP contribution in [-0.2, 0) is 14.8 Å². The van der Waals surface area contributed by atoms with Crippen LogP contribution in [0.5, 0.6) is 0 Å². The third kappa shape index (κ3) is 4.19. The molecule has 0 amide bonds. The number of nitrogens with zero attached hydrogens (tertiary/aromatic N) is 1. The number of likely N-dealkylation sites (N-methyl/N-ethyl adjacent to an activating group) is 1. The SMILES string of the molecule is CN(C1CCOC1)S(=O)(=O)CCCCNC1CC1. The van der Waals surface area contributed by atoms with Crippen LogP contribution in [-0.4, -0.2) is 57.4 Å². The van der Waals surface area contributed by atoms with Gasteiger partial charge in [0.2, 0.25) is 10.0 Å². The molecule has 0 aromatic carbocycles. The van der Waals surface area contributed by atoms with Crippen LogP contribution in [0, 0.1) is 0 Å². The van der Waals surface area contributed by atoms with Gasteiger partial charge in [0.1, 0.15) is 0 Å². The molecule has 0 aromatic rings. The summed E-state index contributed by atoms with van der Waals surface area (Å²) in [6.07, 6.45) is 5.05.